The summed E-state index contributed by atoms with van der Waals surface area (Å²) in [4.78, 5) is 28.7. The third-order valence-corrected chi connectivity index (χ3v) is 3.61. The van der Waals surface area contributed by atoms with Crippen molar-refractivity contribution in [3.63, 3.8) is 0 Å². The molecule has 0 radical (unpaired) electrons. The van der Waals surface area contributed by atoms with Crippen molar-refractivity contribution in [3.8, 4) is 0 Å². The maximum absolute atomic E-state index is 12.3. The highest BCUT2D eigenvalue weighted by atomic mass is 16.5. The molecule has 3 rings (SSSR count). The van der Waals surface area contributed by atoms with Gasteiger partial charge in [0.2, 0.25) is 5.91 Å². The molecule has 5 N–H and O–H groups in total. The van der Waals surface area contributed by atoms with Crippen molar-refractivity contribution in [1.82, 2.24) is 9.97 Å². The van der Waals surface area contributed by atoms with E-state index in [4.69, 9.17) is 10.5 Å². The van der Waals surface area contributed by atoms with E-state index in [0.29, 0.717) is 42.8 Å². The number of hydrogen-bond acceptors (Lipinski definition) is 4. The van der Waals surface area contributed by atoms with E-state index < -0.39 is 5.54 Å². The van der Waals surface area contributed by atoms with Gasteiger partial charge in [0.05, 0.1) is 11.0 Å². The molecule has 1 saturated heterocycles. The number of amides is 1. The molecule has 2 heterocycles. The lowest BCUT2D eigenvalue weighted by Crippen LogP contribution is -2.54. The fourth-order valence-corrected chi connectivity index (χ4v) is 2.33. The number of hydrogen-bond donors (Lipinski definition) is 4. The fraction of sp³-hybridized carbons (Fsp3) is 0.385. The first kappa shape index (κ1) is 12.9. The van der Waals surface area contributed by atoms with Gasteiger partial charge in [-0.05, 0) is 31.0 Å². The molecule has 1 aromatic carbocycles. The molecule has 106 valence electrons. The molecule has 0 aliphatic carbocycles. The quantitative estimate of drug-likeness (QED) is 0.632. The molecular weight excluding hydrogens is 260 g/mol. The lowest BCUT2D eigenvalue weighted by molar-refractivity contribution is -0.124. The molecule has 0 saturated carbocycles. The predicted octanol–water partition coefficient (Wildman–Crippen LogP) is 0.303. The number of imidazole rings is 1. The Balaban J connectivity index is 1.81. The molecule has 0 spiro atoms. The van der Waals surface area contributed by atoms with Crippen LogP contribution in [0.5, 0.6) is 0 Å². The van der Waals surface area contributed by atoms with Gasteiger partial charge in [-0.3, -0.25) is 4.79 Å². The van der Waals surface area contributed by atoms with E-state index >= 15 is 0 Å². The molecule has 1 amide bonds. The second-order valence-corrected chi connectivity index (χ2v) is 5.06. The number of rotatable bonds is 2. The van der Waals surface area contributed by atoms with Crippen molar-refractivity contribution in [2.75, 3.05) is 18.5 Å². The van der Waals surface area contributed by atoms with Gasteiger partial charge in [-0.1, -0.05) is 0 Å². The number of ether oxygens (including phenoxy) is 1. The van der Waals surface area contributed by atoms with Crippen LogP contribution in [-0.4, -0.2) is 34.6 Å². The topological polar surface area (TPSA) is 113 Å². The van der Waals surface area contributed by atoms with Crippen molar-refractivity contribution >= 4 is 22.6 Å². The number of nitrogens with two attached hydrogens (primary N) is 1. The van der Waals surface area contributed by atoms with Crippen LogP contribution >= 0.6 is 0 Å². The van der Waals surface area contributed by atoms with Gasteiger partial charge in [0.15, 0.2) is 0 Å². The Labute approximate surface area is 114 Å². The molecule has 20 heavy (non-hydrogen) atoms. The Bertz CT molecular complexity index is 697. The number of aromatic nitrogens is 2. The van der Waals surface area contributed by atoms with E-state index in [2.05, 4.69) is 15.3 Å². The summed E-state index contributed by atoms with van der Waals surface area (Å²) in [6.07, 6.45) is 1.00. The average molecular weight is 276 g/mol. The molecule has 1 aromatic heterocycles. The molecule has 0 bridgehead atoms. The van der Waals surface area contributed by atoms with Crippen molar-refractivity contribution < 1.29 is 9.53 Å². The number of carbonyl (C=O) groups excluding carboxylic acids is 1. The SMILES string of the molecule is NC1(C(=O)Nc2ccc3[nH]c(=O)[nH]c3c2)CCOCC1. The van der Waals surface area contributed by atoms with Crippen LogP contribution in [0.1, 0.15) is 12.8 Å². The maximum atomic E-state index is 12.3. The van der Waals surface area contributed by atoms with Gasteiger partial charge in [-0.2, -0.15) is 0 Å². The van der Waals surface area contributed by atoms with E-state index in [0.717, 1.165) is 0 Å². The van der Waals surface area contributed by atoms with E-state index in [1.165, 1.54) is 0 Å². The largest absolute Gasteiger partial charge is 0.381 e. The predicted molar refractivity (Wildman–Crippen MR) is 74.5 cm³/mol. The zero-order valence-corrected chi connectivity index (χ0v) is 10.9. The standard InChI is InChI=1S/C13H16N4O3/c14-13(3-5-20-6-4-13)11(18)15-8-1-2-9-10(7-8)17-12(19)16-9/h1-2,7H,3-6,14H2,(H,15,18)(H2,16,17,19). The van der Waals surface area contributed by atoms with Crippen molar-refractivity contribution in [2.24, 2.45) is 5.73 Å². The van der Waals surface area contributed by atoms with Gasteiger partial charge in [0, 0.05) is 18.9 Å². The molecular formula is C13H16N4O3. The summed E-state index contributed by atoms with van der Waals surface area (Å²) >= 11 is 0. The number of anilines is 1. The second-order valence-electron chi connectivity index (χ2n) is 5.06. The highest BCUT2D eigenvalue weighted by Crippen LogP contribution is 2.21. The van der Waals surface area contributed by atoms with Crippen molar-refractivity contribution in [2.45, 2.75) is 18.4 Å². The number of carbonyl (C=O) groups is 1. The Morgan fingerprint density at radius 1 is 1.25 bits per heavy atom. The molecule has 7 nitrogen and oxygen atoms in total. The maximum Gasteiger partial charge on any atom is 0.323 e. The van der Waals surface area contributed by atoms with Crippen LogP contribution in [0.3, 0.4) is 0 Å². The number of aromatic amines is 2. The molecule has 2 aromatic rings. The van der Waals surface area contributed by atoms with E-state index in [9.17, 15) is 9.59 Å². The van der Waals surface area contributed by atoms with Gasteiger partial charge in [0.25, 0.3) is 0 Å². The highest BCUT2D eigenvalue weighted by Gasteiger charge is 2.35. The Morgan fingerprint density at radius 2 is 1.95 bits per heavy atom. The van der Waals surface area contributed by atoms with E-state index in [1.807, 2.05) is 0 Å². The molecule has 1 fully saturated rings. The summed E-state index contributed by atoms with van der Waals surface area (Å²) in [6, 6.07) is 5.16. The zero-order valence-electron chi connectivity index (χ0n) is 10.9. The first-order valence-electron chi connectivity index (χ1n) is 6.47. The van der Waals surface area contributed by atoms with Gasteiger partial charge < -0.3 is 25.8 Å². The van der Waals surface area contributed by atoms with Crippen molar-refractivity contribution in [3.05, 3.63) is 28.7 Å². The van der Waals surface area contributed by atoms with Crippen LogP contribution in [0, 0.1) is 0 Å². The smallest absolute Gasteiger partial charge is 0.323 e. The summed E-state index contributed by atoms with van der Waals surface area (Å²) in [5.74, 6) is -0.224. The highest BCUT2D eigenvalue weighted by molar-refractivity contribution is 5.99. The third kappa shape index (κ3) is 2.33. The fourth-order valence-electron chi connectivity index (χ4n) is 2.33. The normalized spacial score (nSPS) is 18.1. The lowest BCUT2D eigenvalue weighted by atomic mass is 9.90. The molecule has 0 unspecified atom stereocenters. The van der Waals surface area contributed by atoms with Crippen LogP contribution in [0.15, 0.2) is 23.0 Å². The molecule has 7 heteroatoms. The Hall–Kier alpha value is -2.12. The summed E-state index contributed by atoms with van der Waals surface area (Å²) in [5, 5.41) is 2.80. The molecule has 1 aliphatic heterocycles. The second kappa shape index (κ2) is 4.77. The summed E-state index contributed by atoms with van der Waals surface area (Å²) in [7, 11) is 0. The van der Waals surface area contributed by atoms with Gasteiger partial charge in [-0.25, -0.2) is 4.79 Å². The van der Waals surface area contributed by atoms with Gasteiger partial charge in [0.1, 0.15) is 5.54 Å². The van der Waals surface area contributed by atoms with E-state index in [1.54, 1.807) is 18.2 Å². The summed E-state index contributed by atoms with van der Waals surface area (Å²) in [6.45, 7) is 0.988. The zero-order chi connectivity index (χ0) is 14.2. The molecule has 1 aliphatic rings. The Kier molecular flexibility index (Phi) is 3.07. The first-order valence-corrected chi connectivity index (χ1v) is 6.47. The number of benzene rings is 1. The average Bonchev–Trinajstić information content (AvgIpc) is 2.79. The first-order chi connectivity index (χ1) is 9.57. The minimum atomic E-state index is -0.890. The summed E-state index contributed by atoms with van der Waals surface area (Å²) < 4.78 is 5.22. The lowest BCUT2D eigenvalue weighted by Gasteiger charge is -2.31. The van der Waals surface area contributed by atoms with Gasteiger partial charge >= 0.3 is 5.69 Å². The number of nitrogens with one attached hydrogen (secondary N) is 3. The minimum Gasteiger partial charge on any atom is -0.381 e. The Morgan fingerprint density at radius 3 is 2.70 bits per heavy atom. The molecule has 0 atom stereocenters. The minimum absolute atomic E-state index is 0.224. The number of H-pyrrole nitrogens is 2. The van der Waals surface area contributed by atoms with Crippen LogP contribution in [-0.2, 0) is 9.53 Å². The van der Waals surface area contributed by atoms with E-state index in [-0.39, 0.29) is 11.6 Å². The van der Waals surface area contributed by atoms with Crippen molar-refractivity contribution in [1.29, 1.82) is 0 Å². The monoisotopic (exact) mass is 276 g/mol. The van der Waals surface area contributed by atoms with Gasteiger partial charge in [-0.15, -0.1) is 0 Å². The van der Waals surface area contributed by atoms with Crippen LogP contribution < -0.4 is 16.7 Å². The summed E-state index contributed by atoms with van der Waals surface area (Å²) in [5.41, 5.74) is 6.89. The third-order valence-electron chi connectivity index (χ3n) is 3.61. The van der Waals surface area contributed by atoms with Crippen LogP contribution in [0.25, 0.3) is 11.0 Å². The number of fused-ring (bicyclic) bond motifs is 1. The van der Waals surface area contributed by atoms with Crippen LogP contribution in [0.2, 0.25) is 0 Å². The van der Waals surface area contributed by atoms with Crippen LogP contribution in [0.4, 0.5) is 5.69 Å².